The zero-order chi connectivity index (χ0) is 46.0. The van der Waals surface area contributed by atoms with Gasteiger partial charge in [0.1, 0.15) is 36.3 Å². The lowest BCUT2D eigenvalue weighted by Gasteiger charge is -2.30. The lowest BCUT2D eigenvalue weighted by molar-refractivity contribution is -0.124. The van der Waals surface area contributed by atoms with Crippen molar-refractivity contribution in [3.63, 3.8) is 0 Å². The van der Waals surface area contributed by atoms with E-state index in [1.54, 1.807) is 24.3 Å². The minimum Gasteiger partial charge on any atom is -0.382 e. The molecule has 0 saturated carbocycles. The predicted molar refractivity (Wildman–Crippen MR) is 236 cm³/mol. The van der Waals surface area contributed by atoms with E-state index < -0.39 is 88.2 Å². The van der Waals surface area contributed by atoms with E-state index in [1.165, 1.54) is 27.7 Å². The Kier molecular flexibility index (Phi) is 14.1. The number of alkyl halides is 2. The largest absolute Gasteiger partial charge is 0.389 e. The van der Waals surface area contributed by atoms with Crippen LogP contribution >= 0.6 is 25.7 Å². The Morgan fingerprint density at radius 3 is 2.37 bits per heavy atom. The van der Waals surface area contributed by atoms with Gasteiger partial charge in [0.15, 0.2) is 41.9 Å². The fraction of sp³-hybridized carbons (Fsp3) is 0.486. The number of unbranched alkanes of at least 4 members (excludes halogenated alkanes) is 3. The van der Waals surface area contributed by atoms with Crippen molar-refractivity contribution in [2.75, 3.05) is 36.5 Å². The van der Waals surface area contributed by atoms with Gasteiger partial charge in [0.05, 0.1) is 31.5 Å². The molecule has 65 heavy (non-hydrogen) atoms. The van der Waals surface area contributed by atoms with Crippen LogP contribution in [0.1, 0.15) is 57.0 Å². The second-order valence-electron chi connectivity index (χ2n) is 15.6. The number of anilines is 3. The van der Waals surface area contributed by atoms with Crippen molar-refractivity contribution in [1.82, 2.24) is 39.4 Å². The van der Waals surface area contributed by atoms with Crippen molar-refractivity contribution < 1.29 is 55.1 Å². The van der Waals surface area contributed by atoms with Crippen molar-refractivity contribution in [3.05, 3.63) is 65.1 Å². The molecule has 28 heteroatoms. The molecule has 22 nitrogen and oxygen atoms in total. The normalized spacial score (nSPS) is 29.5. The van der Waals surface area contributed by atoms with Crippen LogP contribution in [0.4, 0.5) is 26.2 Å². The van der Waals surface area contributed by atoms with Crippen LogP contribution in [-0.4, -0.2) is 110 Å². The predicted octanol–water partition coefficient (Wildman–Crippen LogP) is 3.82. The van der Waals surface area contributed by atoms with Crippen LogP contribution in [0.15, 0.2) is 54.0 Å². The summed E-state index contributed by atoms with van der Waals surface area (Å²) in [5, 5.41) is 5.41. The lowest BCUT2D eigenvalue weighted by Crippen LogP contribution is -2.37. The SMILES string of the molecule is B[P@]1(=O)OC[C@H]2O[C@@H](n3cnc4c(N)ncnc43)[C@H](F)[C@@H]2O[P@](=O)(SCc2ccc(NC(=O)CNC(=O)CCCCCC)cc2)OC[C@H]2O[C@@H](n3ccc4c(=O)[nH]c(N)nc43)[C@H](F)[C@@H]2O1. The maximum absolute atomic E-state index is 16.8. The number of halogens is 2. The molecule has 7 N–H and O–H groups in total. The Balaban J connectivity index is 1.03. The summed E-state index contributed by atoms with van der Waals surface area (Å²) in [6.07, 6.45) is -5.57. The van der Waals surface area contributed by atoms with E-state index in [0.29, 0.717) is 29.1 Å². The highest BCUT2D eigenvalue weighted by atomic mass is 32.7. The molecule has 3 aliphatic heterocycles. The van der Waals surface area contributed by atoms with Crippen molar-refractivity contribution in [2.24, 2.45) is 0 Å². The number of nitrogens with one attached hydrogen (secondary N) is 3. The third kappa shape index (κ3) is 10.5. The Labute approximate surface area is 373 Å². The van der Waals surface area contributed by atoms with Gasteiger partial charge < -0.3 is 45.2 Å². The molecule has 4 aromatic heterocycles. The number of ether oxygens (including phenoxy) is 2. The highest BCUT2D eigenvalue weighted by Crippen LogP contribution is 2.65. The van der Waals surface area contributed by atoms with Gasteiger partial charge in [-0.3, -0.25) is 37.5 Å². The summed E-state index contributed by atoms with van der Waals surface area (Å²) in [6, 6.07) is 7.88. The van der Waals surface area contributed by atoms with Crippen molar-refractivity contribution in [2.45, 2.75) is 94.0 Å². The maximum atomic E-state index is 16.8. The molecule has 8 rings (SSSR count). The molecular weight excluding hydrogens is 917 g/mol. The summed E-state index contributed by atoms with van der Waals surface area (Å²) in [5.41, 5.74) is 12.4. The van der Waals surface area contributed by atoms with Crippen molar-refractivity contribution in [3.8, 4) is 0 Å². The van der Waals surface area contributed by atoms with E-state index in [2.05, 4.69) is 42.5 Å². The number of hydrogen-bond acceptors (Lipinski definition) is 18. The number of hydrogen-bond donors (Lipinski definition) is 5. The average Bonchev–Trinajstić information content (AvgIpc) is 4.04. The summed E-state index contributed by atoms with van der Waals surface area (Å²) >= 11 is 0.681. The Morgan fingerprint density at radius 2 is 1.63 bits per heavy atom. The van der Waals surface area contributed by atoms with Gasteiger partial charge in [-0.05, 0) is 41.6 Å². The van der Waals surface area contributed by atoms with E-state index >= 15 is 8.78 Å². The zero-order valence-corrected chi connectivity index (χ0v) is 37.6. The number of nitrogen functional groups attached to an aromatic ring is 2. The molecule has 348 valence electrons. The van der Waals surface area contributed by atoms with Gasteiger partial charge in [0, 0.05) is 24.1 Å². The minimum absolute atomic E-state index is 0.0171. The zero-order valence-electron chi connectivity index (χ0n) is 35.0. The van der Waals surface area contributed by atoms with Gasteiger partial charge in [0.25, 0.3) is 20.6 Å². The van der Waals surface area contributed by atoms with Gasteiger partial charge in [-0.25, -0.2) is 28.3 Å². The first-order valence-electron chi connectivity index (χ1n) is 20.6. The molecule has 1 aromatic carbocycles. The van der Waals surface area contributed by atoms with Crippen LogP contribution in [0.25, 0.3) is 22.2 Å². The first-order chi connectivity index (χ1) is 31.1. The van der Waals surface area contributed by atoms with Crippen LogP contribution in [0.2, 0.25) is 0 Å². The number of carbonyl (C=O) groups excluding carboxylic acids is 2. The second-order valence-corrected chi connectivity index (χ2v) is 21.6. The molecule has 2 amide bonds. The molecule has 7 heterocycles. The van der Waals surface area contributed by atoms with Crippen LogP contribution in [0.5, 0.6) is 0 Å². The van der Waals surface area contributed by atoms with Gasteiger partial charge >= 0.3 is 6.80 Å². The Bertz CT molecular complexity index is 2700. The third-order valence-corrected chi connectivity index (χ3v) is 15.7. The first kappa shape index (κ1) is 46.7. The number of fused-ring (bicyclic) bond motifs is 4. The van der Waals surface area contributed by atoms with Crippen molar-refractivity contribution >= 4 is 84.7 Å². The highest BCUT2D eigenvalue weighted by Gasteiger charge is 2.54. The minimum atomic E-state index is -4.54. The molecule has 3 aliphatic rings. The summed E-state index contributed by atoms with van der Waals surface area (Å²) < 4.78 is 101. The summed E-state index contributed by atoms with van der Waals surface area (Å²) in [4.78, 5) is 56.0. The number of aromatic nitrogens is 7. The fourth-order valence-electron chi connectivity index (χ4n) is 7.57. The number of imidazole rings is 1. The molecule has 0 radical (unpaired) electrons. The molecule has 0 unspecified atom stereocenters. The number of benzene rings is 1. The van der Waals surface area contributed by atoms with Crippen LogP contribution in [0, 0.1) is 0 Å². The quantitative estimate of drug-likeness (QED) is 0.0636. The standard InChI is InChI=1S/C37H46BF2N11O11P2S/c1-2-3-4-5-6-24(52)43-13-25(53)47-20-9-7-19(8-10-20)16-65-64(56)58-15-23-29(26(39)35(59-23)50-12-11-21-32(50)48-37(42)49-34(21)54)61-63(38,55)57-14-22-30(62-64)27(40)36(60-22)51-18-46-28-31(41)44-17-45-33(28)51/h7-12,17-18,22-23,26-27,29-30,35-36H,2-6,13-16,38H2,1H3,(H,43,52)(H,47,53)(H2,41,44,45)(H3,42,48,49,54)/t22-,23-,26-,27-,29-,30-,35-,36-,63+,64-/m1/s1. The molecule has 3 saturated heterocycles. The van der Waals surface area contributed by atoms with Gasteiger partial charge in [-0.2, -0.15) is 4.98 Å². The number of carbonyl (C=O) groups is 2. The maximum Gasteiger partial charge on any atom is 0.389 e. The summed E-state index contributed by atoms with van der Waals surface area (Å²) in [7, 11) is -3.14. The van der Waals surface area contributed by atoms with Gasteiger partial charge in [0.2, 0.25) is 17.8 Å². The van der Waals surface area contributed by atoms with Gasteiger partial charge in [-0.15, -0.1) is 0 Å². The van der Waals surface area contributed by atoms with E-state index in [1.807, 2.05) is 0 Å². The van der Waals surface area contributed by atoms with E-state index in [0.717, 1.165) is 39.6 Å². The number of nitrogens with two attached hydrogens (primary N) is 2. The topological polar surface area (TPSA) is 294 Å². The van der Waals surface area contributed by atoms with Crippen molar-refractivity contribution in [1.29, 1.82) is 0 Å². The molecular formula is C37H46BF2N11O11P2S. The fourth-order valence-corrected chi connectivity index (χ4v) is 12.1. The van der Waals surface area contributed by atoms with E-state index in [-0.39, 0.29) is 52.2 Å². The van der Waals surface area contributed by atoms with E-state index in [4.69, 9.17) is 39.0 Å². The molecule has 0 bridgehead atoms. The number of nitrogens with zero attached hydrogens (tertiary/aromatic N) is 6. The summed E-state index contributed by atoms with van der Waals surface area (Å²) in [6.45, 7) is -4.02. The Hall–Kier alpha value is -4.78. The average molecular weight is 964 g/mol. The molecule has 5 aromatic rings. The van der Waals surface area contributed by atoms with Gasteiger partial charge in [-0.1, -0.05) is 38.3 Å². The molecule has 0 spiro atoms. The smallest absolute Gasteiger partial charge is 0.382 e. The monoisotopic (exact) mass is 963 g/mol. The van der Waals surface area contributed by atoms with Crippen LogP contribution < -0.4 is 27.7 Å². The second kappa shape index (κ2) is 19.6. The highest BCUT2D eigenvalue weighted by molar-refractivity contribution is 8.54. The van der Waals surface area contributed by atoms with Crippen LogP contribution in [-0.2, 0) is 52.0 Å². The van der Waals surface area contributed by atoms with E-state index in [9.17, 15) is 23.5 Å². The summed E-state index contributed by atoms with van der Waals surface area (Å²) in [5.74, 6) is -0.902. The lowest BCUT2D eigenvalue weighted by atomic mass is 10.1. The third-order valence-electron chi connectivity index (χ3n) is 10.8. The molecule has 3 fully saturated rings. The number of rotatable bonds is 13. The molecule has 0 aliphatic carbocycles. The van der Waals surface area contributed by atoms with Crippen LogP contribution in [0.3, 0.4) is 0 Å². The number of amides is 2. The first-order valence-corrected chi connectivity index (χ1v) is 25.8. The Morgan fingerprint density at radius 1 is 0.923 bits per heavy atom. The number of H-pyrrole nitrogens is 1. The molecule has 10 atom stereocenters. The number of aromatic amines is 1.